The second kappa shape index (κ2) is 6.96. The van der Waals surface area contributed by atoms with Gasteiger partial charge in [-0.1, -0.05) is 13.3 Å². The van der Waals surface area contributed by atoms with Crippen molar-refractivity contribution in [2.75, 3.05) is 0 Å². The monoisotopic (exact) mass is 388 g/mol. The average Bonchev–Trinajstić information content (AvgIpc) is 3.22. The lowest BCUT2D eigenvalue weighted by molar-refractivity contribution is 0.0473. The van der Waals surface area contributed by atoms with Crippen LogP contribution in [0, 0.1) is 12.8 Å². The molecule has 7 heteroatoms. The van der Waals surface area contributed by atoms with E-state index in [4.69, 9.17) is 4.74 Å². The number of aryl methyl sites for hydroxylation is 2. The molecule has 0 radical (unpaired) electrons. The number of rotatable bonds is 4. The molecular formula is C19H20N2O3S2. The molecule has 0 saturated carbocycles. The third-order valence-corrected chi connectivity index (χ3v) is 7.10. The molecule has 4 rings (SSSR count). The lowest BCUT2D eigenvalue weighted by Gasteiger charge is -2.19. The smallest absolute Gasteiger partial charge is 0.348 e. The third-order valence-electron chi connectivity index (χ3n) is 4.94. The quantitative estimate of drug-likeness (QED) is 0.634. The van der Waals surface area contributed by atoms with Gasteiger partial charge >= 0.3 is 5.97 Å². The maximum atomic E-state index is 12.4. The fourth-order valence-corrected chi connectivity index (χ4v) is 5.43. The molecule has 0 aliphatic heterocycles. The molecule has 1 unspecified atom stereocenters. The fraction of sp³-hybridized carbons (Fsp3) is 0.421. The number of hydrogen-bond acceptors (Lipinski definition) is 6. The predicted octanol–water partition coefficient (Wildman–Crippen LogP) is 4.00. The van der Waals surface area contributed by atoms with E-state index in [9.17, 15) is 9.59 Å². The topological polar surface area (TPSA) is 60.7 Å². The molecule has 0 bridgehead atoms. The molecule has 1 aliphatic carbocycles. The van der Waals surface area contributed by atoms with Gasteiger partial charge in [-0.2, -0.15) is 0 Å². The molecule has 1 aliphatic rings. The highest BCUT2D eigenvalue weighted by Crippen LogP contribution is 2.33. The standard InChI is InChI=1S/C19H20N2O3S2/c1-3-12-4-5-15-13(6-12)7-16(26-15)18(23)24-9-14-8-17(22)21-11(2)10-25-19(21)20-14/h7-8,10,12H,3-6,9H2,1-2H3. The molecule has 0 N–H and O–H groups in total. The van der Waals surface area contributed by atoms with Crippen LogP contribution in [0.1, 0.15) is 51.3 Å². The van der Waals surface area contributed by atoms with E-state index >= 15 is 0 Å². The minimum atomic E-state index is -0.332. The largest absolute Gasteiger partial charge is 0.455 e. The Kier molecular flexibility index (Phi) is 4.67. The van der Waals surface area contributed by atoms with Crippen LogP contribution in [0.25, 0.3) is 4.96 Å². The first-order valence-electron chi connectivity index (χ1n) is 8.80. The van der Waals surface area contributed by atoms with E-state index in [1.165, 1.54) is 40.7 Å². The summed E-state index contributed by atoms with van der Waals surface area (Å²) < 4.78 is 6.98. The van der Waals surface area contributed by atoms with Crippen LogP contribution in [-0.4, -0.2) is 15.4 Å². The zero-order valence-corrected chi connectivity index (χ0v) is 16.4. The predicted molar refractivity (Wildman–Crippen MR) is 103 cm³/mol. The molecule has 3 aromatic heterocycles. The second-order valence-electron chi connectivity index (χ2n) is 6.73. The Morgan fingerprint density at radius 2 is 2.27 bits per heavy atom. The summed E-state index contributed by atoms with van der Waals surface area (Å²) in [4.78, 5) is 31.6. The summed E-state index contributed by atoms with van der Waals surface area (Å²) in [5, 5.41) is 1.89. The van der Waals surface area contributed by atoms with Crippen molar-refractivity contribution in [1.29, 1.82) is 0 Å². The second-order valence-corrected chi connectivity index (χ2v) is 8.71. The van der Waals surface area contributed by atoms with Gasteiger partial charge in [0.25, 0.3) is 5.56 Å². The van der Waals surface area contributed by atoms with Crippen LogP contribution < -0.4 is 5.56 Å². The number of aromatic nitrogens is 2. The molecule has 3 heterocycles. The van der Waals surface area contributed by atoms with Gasteiger partial charge in [0.1, 0.15) is 11.5 Å². The van der Waals surface area contributed by atoms with Gasteiger partial charge in [-0.05, 0) is 43.7 Å². The van der Waals surface area contributed by atoms with Crippen molar-refractivity contribution in [1.82, 2.24) is 9.38 Å². The number of thiophene rings is 1. The zero-order chi connectivity index (χ0) is 18.3. The van der Waals surface area contributed by atoms with Gasteiger partial charge in [0, 0.05) is 22.0 Å². The molecule has 0 saturated heterocycles. The molecule has 3 aromatic rings. The van der Waals surface area contributed by atoms with Crippen LogP contribution in [-0.2, 0) is 24.2 Å². The van der Waals surface area contributed by atoms with Gasteiger partial charge in [-0.25, -0.2) is 9.78 Å². The number of nitrogens with zero attached hydrogens (tertiary/aromatic N) is 2. The molecule has 0 spiro atoms. The van der Waals surface area contributed by atoms with Crippen LogP contribution in [0.2, 0.25) is 0 Å². The summed E-state index contributed by atoms with van der Waals surface area (Å²) in [6.45, 7) is 4.11. The first-order chi connectivity index (χ1) is 12.5. The lowest BCUT2D eigenvalue weighted by Crippen LogP contribution is -2.16. The minimum absolute atomic E-state index is 0.0155. The molecule has 26 heavy (non-hydrogen) atoms. The van der Waals surface area contributed by atoms with Crippen LogP contribution >= 0.6 is 22.7 Å². The highest BCUT2D eigenvalue weighted by Gasteiger charge is 2.22. The summed E-state index contributed by atoms with van der Waals surface area (Å²) in [5.41, 5.74) is 2.50. The molecule has 136 valence electrons. The van der Waals surface area contributed by atoms with E-state index in [1.807, 2.05) is 18.4 Å². The van der Waals surface area contributed by atoms with Gasteiger partial charge in [-0.3, -0.25) is 9.20 Å². The number of thiazole rings is 1. The maximum Gasteiger partial charge on any atom is 0.348 e. The summed E-state index contributed by atoms with van der Waals surface area (Å²) in [5.74, 6) is 0.390. The maximum absolute atomic E-state index is 12.4. The SMILES string of the molecule is CCC1CCc2sc(C(=O)OCc3cc(=O)n4c(C)csc4n3)cc2C1. The van der Waals surface area contributed by atoms with Crippen molar-refractivity contribution in [2.24, 2.45) is 5.92 Å². The first kappa shape index (κ1) is 17.4. The molecule has 1 atom stereocenters. The van der Waals surface area contributed by atoms with Crippen LogP contribution in [0.4, 0.5) is 0 Å². The Balaban J connectivity index is 1.48. The van der Waals surface area contributed by atoms with Crippen molar-refractivity contribution in [2.45, 2.75) is 46.1 Å². The van der Waals surface area contributed by atoms with Crippen LogP contribution in [0.5, 0.6) is 0 Å². The van der Waals surface area contributed by atoms with Gasteiger partial charge < -0.3 is 4.74 Å². The van der Waals surface area contributed by atoms with Crippen LogP contribution in [0.3, 0.4) is 0 Å². The number of hydrogen-bond donors (Lipinski definition) is 0. The van der Waals surface area contributed by atoms with Crippen LogP contribution in [0.15, 0.2) is 22.3 Å². The zero-order valence-electron chi connectivity index (χ0n) is 14.8. The average molecular weight is 389 g/mol. The molecule has 5 nitrogen and oxygen atoms in total. The Morgan fingerprint density at radius 3 is 3.08 bits per heavy atom. The molecule has 0 amide bonds. The van der Waals surface area contributed by atoms with E-state index < -0.39 is 0 Å². The van der Waals surface area contributed by atoms with Crippen molar-refractivity contribution in [3.63, 3.8) is 0 Å². The van der Waals surface area contributed by atoms with Gasteiger partial charge in [-0.15, -0.1) is 22.7 Å². The Bertz CT molecular complexity index is 1030. The van der Waals surface area contributed by atoms with E-state index in [2.05, 4.69) is 11.9 Å². The van der Waals surface area contributed by atoms with E-state index in [0.717, 1.165) is 24.5 Å². The van der Waals surface area contributed by atoms with Gasteiger partial charge in [0.15, 0.2) is 4.96 Å². The van der Waals surface area contributed by atoms with E-state index in [0.29, 0.717) is 15.5 Å². The van der Waals surface area contributed by atoms with Crippen molar-refractivity contribution < 1.29 is 9.53 Å². The fourth-order valence-electron chi connectivity index (χ4n) is 3.43. The Morgan fingerprint density at radius 1 is 1.42 bits per heavy atom. The van der Waals surface area contributed by atoms with Crippen molar-refractivity contribution in [3.05, 3.63) is 54.6 Å². The summed E-state index contributed by atoms with van der Waals surface area (Å²) >= 11 is 2.95. The van der Waals surface area contributed by atoms with Gasteiger partial charge in [0.2, 0.25) is 0 Å². The number of carbonyl (C=O) groups is 1. The number of ether oxygens (including phenoxy) is 1. The normalized spacial score (nSPS) is 16.6. The minimum Gasteiger partial charge on any atom is -0.455 e. The summed E-state index contributed by atoms with van der Waals surface area (Å²) in [6, 6.07) is 3.42. The van der Waals surface area contributed by atoms with E-state index in [-0.39, 0.29) is 18.1 Å². The molecule has 0 fully saturated rings. The van der Waals surface area contributed by atoms with E-state index in [1.54, 1.807) is 15.7 Å². The van der Waals surface area contributed by atoms with Crippen molar-refractivity contribution >= 4 is 33.6 Å². The van der Waals surface area contributed by atoms with Crippen molar-refractivity contribution in [3.8, 4) is 0 Å². The summed E-state index contributed by atoms with van der Waals surface area (Å²) in [6.07, 6.45) is 4.49. The highest BCUT2D eigenvalue weighted by atomic mass is 32.1. The first-order valence-corrected chi connectivity index (χ1v) is 10.5. The summed E-state index contributed by atoms with van der Waals surface area (Å²) in [7, 11) is 0. The van der Waals surface area contributed by atoms with Gasteiger partial charge in [0.05, 0.1) is 5.69 Å². The number of esters is 1. The molecule has 0 aromatic carbocycles. The highest BCUT2D eigenvalue weighted by molar-refractivity contribution is 7.15. The number of carbonyl (C=O) groups excluding carboxylic acids is 1. The lowest BCUT2D eigenvalue weighted by atomic mass is 9.87. The Hall–Kier alpha value is -1.99. The number of fused-ring (bicyclic) bond motifs is 2. The third kappa shape index (κ3) is 3.21. The Labute approximate surface area is 159 Å². The molecular weight excluding hydrogens is 368 g/mol.